The van der Waals surface area contributed by atoms with E-state index in [1.54, 1.807) is 22.7 Å². The molecule has 2 aromatic rings. The Morgan fingerprint density at radius 2 is 2.15 bits per heavy atom. The molecule has 0 unspecified atom stereocenters. The highest BCUT2D eigenvalue weighted by Gasteiger charge is 2.46. The first-order chi connectivity index (χ1) is 9.81. The summed E-state index contributed by atoms with van der Waals surface area (Å²) in [5.74, 6) is 1.03. The lowest BCUT2D eigenvalue weighted by Crippen LogP contribution is -2.32. The molecule has 3 nitrogen and oxygen atoms in total. The fraction of sp³-hybridized carbons (Fsp3) is 0.400. The summed E-state index contributed by atoms with van der Waals surface area (Å²) in [7, 11) is 0. The van der Waals surface area contributed by atoms with Crippen molar-refractivity contribution in [2.75, 3.05) is 24.5 Å². The molecule has 2 saturated heterocycles. The van der Waals surface area contributed by atoms with Crippen LogP contribution in [-0.4, -0.2) is 30.4 Å². The predicted molar refractivity (Wildman–Crippen MR) is 83.2 cm³/mol. The lowest BCUT2D eigenvalue weighted by Gasteiger charge is -2.20. The van der Waals surface area contributed by atoms with Gasteiger partial charge in [0.1, 0.15) is 0 Å². The topological polar surface area (TPSA) is 23.6 Å². The quantitative estimate of drug-likeness (QED) is 0.870. The van der Waals surface area contributed by atoms with E-state index in [9.17, 15) is 4.79 Å². The van der Waals surface area contributed by atoms with Crippen LogP contribution in [0.1, 0.15) is 4.88 Å². The summed E-state index contributed by atoms with van der Waals surface area (Å²) in [6, 6.07) is 6.33. The fourth-order valence-corrected chi connectivity index (χ4v) is 4.73. The normalized spacial score (nSPS) is 26.4. The second-order valence-corrected chi connectivity index (χ2v) is 7.38. The highest BCUT2D eigenvalue weighted by Crippen LogP contribution is 2.36. The molecule has 5 heteroatoms. The summed E-state index contributed by atoms with van der Waals surface area (Å²) >= 11 is 3.46. The number of nitrogens with zero attached hydrogens (tertiary/aromatic N) is 2. The Balaban J connectivity index is 1.45. The summed E-state index contributed by atoms with van der Waals surface area (Å²) < 4.78 is 0. The molecular weight excluding hydrogens is 288 g/mol. The Kier molecular flexibility index (Phi) is 3.13. The lowest BCUT2D eigenvalue weighted by atomic mass is 10.0. The molecule has 0 bridgehead atoms. The molecular formula is C15H16N2OS2. The van der Waals surface area contributed by atoms with Crippen LogP contribution >= 0.6 is 22.7 Å². The van der Waals surface area contributed by atoms with Crippen molar-refractivity contribution in [1.82, 2.24) is 4.90 Å². The molecule has 20 heavy (non-hydrogen) atoms. The molecule has 0 aromatic carbocycles. The van der Waals surface area contributed by atoms with Gasteiger partial charge in [0.15, 0.2) is 0 Å². The molecule has 0 N–H and O–H groups in total. The minimum Gasteiger partial charge on any atom is -0.311 e. The van der Waals surface area contributed by atoms with Crippen molar-refractivity contribution in [3.8, 4) is 0 Å². The van der Waals surface area contributed by atoms with Gasteiger partial charge in [0.25, 0.3) is 0 Å². The summed E-state index contributed by atoms with van der Waals surface area (Å²) in [6.45, 7) is 3.86. The molecule has 2 aliphatic rings. The minimum atomic E-state index is 0.204. The first kappa shape index (κ1) is 12.6. The standard InChI is InChI=1S/C15H16N2OS2/c18-15-14-9-16(8-13-2-1-4-20-13)6-11(14)7-17(15)12-3-5-19-10-12/h1-5,10-11,14H,6-9H2/t11-,14-/m1/s1. The van der Waals surface area contributed by atoms with Crippen LogP contribution in [0.2, 0.25) is 0 Å². The van der Waals surface area contributed by atoms with Crippen LogP contribution in [0.5, 0.6) is 0 Å². The Bertz CT molecular complexity index is 593. The van der Waals surface area contributed by atoms with Gasteiger partial charge in [-0.3, -0.25) is 9.69 Å². The maximum absolute atomic E-state index is 12.5. The zero-order chi connectivity index (χ0) is 13.5. The average Bonchev–Trinajstić information content (AvgIpc) is 3.17. The summed E-state index contributed by atoms with van der Waals surface area (Å²) in [4.78, 5) is 18.4. The maximum atomic E-state index is 12.5. The molecule has 0 spiro atoms. The van der Waals surface area contributed by atoms with Crippen molar-refractivity contribution < 1.29 is 4.79 Å². The molecule has 0 radical (unpaired) electrons. The number of carbonyl (C=O) groups is 1. The minimum absolute atomic E-state index is 0.204. The Hall–Kier alpha value is -1.17. The van der Waals surface area contributed by atoms with Gasteiger partial charge in [-0.1, -0.05) is 6.07 Å². The maximum Gasteiger partial charge on any atom is 0.231 e. The zero-order valence-electron chi connectivity index (χ0n) is 11.1. The van der Waals surface area contributed by atoms with Gasteiger partial charge >= 0.3 is 0 Å². The van der Waals surface area contributed by atoms with Crippen molar-refractivity contribution in [1.29, 1.82) is 0 Å². The number of fused-ring (bicyclic) bond motifs is 1. The predicted octanol–water partition coefficient (Wildman–Crippen LogP) is 2.90. The van der Waals surface area contributed by atoms with E-state index in [2.05, 4.69) is 27.8 Å². The van der Waals surface area contributed by atoms with Crippen LogP contribution in [-0.2, 0) is 11.3 Å². The summed E-state index contributed by atoms with van der Waals surface area (Å²) in [5.41, 5.74) is 1.08. The van der Waals surface area contributed by atoms with Crippen molar-refractivity contribution in [3.05, 3.63) is 39.2 Å². The lowest BCUT2D eigenvalue weighted by molar-refractivity contribution is -0.120. The van der Waals surface area contributed by atoms with E-state index in [-0.39, 0.29) is 5.92 Å². The highest BCUT2D eigenvalue weighted by molar-refractivity contribution is 7.09. The van der Waals surface area contributed by atoms with E-state index in [4.69, 9.17) is 0 Å². The Labute approximate surface area is 126 Å². The van der Waals surface area contributed by atoms with E-state index < -0.39 is 0 Å². The number of hydrogen-bond donors (Lipinski definition) is 0. The molecule has 0 aliphatic carbocycles. The summed E-state index contributed by atoms with van der Waals surface area (Å²) in [6.07, 6.45) is 0. The zero-order valence-corrected chi connectivity index (χ0v) is 12.7. The van der Waals surface area contributed by atoms with E-state index in [0.717, 1.165) is 31.9 Å². The monoisotopic (exact) mass is 304 g/mol. The molecule has 2 fully saturated rings. The third kappa shape index (κ3) is 2.10. The Morgan fingerprint density at radius 3 is 2.85 bits per heavy atom. The number of rotatable bonds is 3. The number of carbonyl (C=O) groups excluding carboxylic acids is 1. The van der Waals surface area contributed by atoms with Crippen LogP contribution in [0.4, 0.5) is 5.69 Å². The average molecular weight is 304 g/mol. The molecule has 4 heterocycles. The van der Waals surface area contributed by atoms with Crippen molar-refractivity contribution >= 4 is 34.3 Å². The van der Waals surface area contributed by atoms with Gasteiger partial charge in [0, 0.05) is 42.4 Å². The SMILES string of the molecule is O=C1[C@@H]2CN(Cc3cccs3)C[C@@H]2CN1c1ccsc1. The number of likely N-dealkylation sites (tertiary alicyclic amines) is 1. The smallest absolute Gasteiger partial charge is 0.231 e. The number of thiophene rings is 2. The molecule has 2 aliphatic heterocycles. The molecule has 2 atom stereocenters. The molecule has 1 amide bonds. The number of anilines is 1. The van der Waals surface area contributed by atoms with Gasteiger partial charge in [-0.25, -0.2) is 0 Å². The van der Waals surface area contributed by atoms with Crippen LogP contribution < -0.4 is 4.90 Å². The largest absolute Gasteiger partial charge is 0.311 e. The van der Waals surface area contributed by atoms with Gasteiger partial charge in [-0.05, 0) is 22.9 Å². The van der Waals surface area contributed by atoms with Crippen LogP contribution in [0.15, 0.2) is 34.3 Å². The van der Waals surface area contributed by atoms with Crippen LogP contribution in [0.25, 0.3) is 0 Å². The summed E-state index contributed by atoms with van der Waals surface area (Å²) in [5, 5.41) is 6.23. The Morgan fingerprint density at radius 1 is 1.20 bits per heavy atom. The second-order valence-electron chi connectivity index (χ2n) is 5.57. The van der Waals surface area contributed by atoms with Gasteiger partial charge in [-0.15, -0.1) is 11.3 Å². The fourth-order valence-electron chi connectivity index (χ4n) is 3.35. The second kappa shape index (κ2) is 4.98. The molecule has 0 saturated carbocycles. The van der Waals surface area contributed by atoms with Gasteiger partial charge in [-0.2, -0.15) is 11.3 Å². The van der Waals surface area contributed by atoms with E-state index >= 15 is 0 Å². The van der Waals surface area contributed by atoms with E-state index in [0.29, 0.717) is 11.8 Å². The molecule has 104 valence electrons. The number of amides is 1. The third-order valence-electron chi connectivity index (χ3n) is 4.29. The van der Waals surface area contributed by atoms with Gasteiger partial charge < -0.3 is 4.90 Å². The van der Waals surface area contributed by atoms with Gasteiger partial charge in [0.2, 0.25) is 5.91 Å². The molecule has 2 aromatic heterocycles. The molecule has 4 rings (SSSR count). The van der Waals surface area contributed by atoms with E-state index in [1.165, 1.54) is 4.88 Å². The van der Waals surface area contributed by atoms with Crippen molar-refractivity contribution in [3.63, 3.8) is 0 Å². The van der Waals surface area contributed by atoms with E-state index in [1.807, 2.05) is 16.3 Å². The number of hydrogen-bond acceptors (Lipinski definition) is 4. The van der Waals surface area contributed by atoms with Crippen LogP contribution in [0, 0.1) is 11.8 Å². The first-order valence-electron chi connectivity index (χ1n) is 6.89. The first-order valence-corrected chi connectivity index (χ1v) is 8.72. The third-order valence-corrected chi connectivity index (χ3v) is 5.83. The van der Waals surface area contributed by atoms with Crippen molar-refractivity contribution in [2.45, 2.75) is 6.54 Å². The highest BCUT2D eigenvalue weighted by atomic mass is 32.1. The van der Waals surface area contributed by atoms with Crippen molar-refractivity contribution in [2.24, 2.45) is 11.8 Å². The van der Waals surface area contributed by atoms with Gasteiger partial charge in [0.05, 0.1) is 11.6 Å². The van der Waals surface area contributed by atoms with Crippen LogP contribution in [0.3, 0.4) is 0 Å².